The van der Waals surface area contributed by atoms with Crippen LogP contribution in [0.25, 0.3) is 11.1 Å². The van der Waals surface area contributed by atoms with Crippen LogP contribution >= 0.6 is 0 Å². The molecule has 0 radical (unpaired) electrons. The van der Waals surface area contributed by atoms with Crippen molar-refractivity contribution in [2.75, 3.05) is 43.4 Å². The molecule has 2 aromatic heterocycles. The van der Waals surface area contributed by atoms with Crippen molar-refractivity contribution in [2.45, 2.75) is 20.3 Å². The highest BCUT2D eigenvalue weighted by molar-refractivity contribution is 5.64. The van der Waals surface area contributed by atoms with Gasteiger partial charge in [0, 0.05) is 44.4 Å². The molecule has 1 saturated heterocycles. The fraction of sp³-hybridized carbons (Fsp3) is 0.364. The molecule has 0 atom stereocenters. The number of likely N-dealkylation sites (N-methyl/N-ethyl adjacent to an activating group) is 1. The minimum absolute atomic E-state index is 0.543. The lowest BCUT2D eigenvalue weighted by Crippen LogP contribution is -2.45. The fourth-order valence-corrected chi connectivity index (χ4v) is 3.27. The number of nitrogens with zero attached hydrogens (tertiary/aromatic N) is 6. The van der Waals surface area contributed by atoms with Crippen LogP contribution in [-0.2, 0) is 6.42 Å². The summed E-state index contributed by atoms with van der Waals surface area (Å²) in [6.07, 6.45) is 2.63. The summed E-state index contributed by atoms with van der Waals surface area (Å²) in [6, 6.07) is 12.5. The predicted octanol–water partition coefficient (Wildman–Crippen LogP) is 3.30. The number of benzene rings is 1. The Morgan fingerprint density at radius 2 is 1.62 bits per heavy atom. The molecule has 7 heteroatoms. The first-order chi connectivity index (χ1) is 14.1. The molecule has 1 N–H and O–H groups in total. The van der Waals surface area contributed by atoms with Crippen LogP contribution in [0.15, 0.2) is 42.6 Å². The van der Waals surface area contributed by atoms with Crippen molar-refractivity contribution in [1.82, 2.24) is 24.8 Å². The standard InChI is InChI=1S/C22H27N7/c1-4-19-24-21(27-22(26-19)29-13-11-28(3)12-14-29)25-20-10-9-18(15-23-20)17-7-5-16(2)6-8-17/h5-10,15H,4,11-14H2,1-3H3,(H,23,24,25,26,27). The van der Waals surface area contributed by atoms with Crippen LogP contribution in [0.4, 0.5) is 17.7 Å². The van der Waals surface area contributed by atoms with Crippen LogP contribution < -0.4 is 10.2 Å². The van der Waals surface area contributed by atoms with E-state index in [-0.39, 0.29) is 0 Å². The van der Waals surface area contributed by atoms with E-state index in [2.05, 4.69) is 86.3 Å². The normalized spacial score (nSPS) is 14.8. The number of aryl methyl sites for hydroxylation is 2. The second-order valence-electron chi connectivity index (χ2n) is 7.44. The Morgan fingerprint density at radius 3 is 2.28 bits per heavy atom. The maximum absolute atomic E-state index is 4.65. The van der Waals surface area contributed by atoms with Gasteiger partial charge in [-0.1, -0.05) is 36.8 Å². The van der Waals surface area contributed by atoms with Crippen LogP contribution in [0.5, 0.6) is 0 Å². The highest BCUT2D eigenvalue weighted by Crippen LogP contribution is 2.21. The number of hydrogen-bond donors (Lipinski definition) is 1. The number of nitrogens with one attached hydrogen (secondary N) is 1. The van der Waals surface area contributed by atoms with E-state index in [0.717, 1.165) is 61.3 Å². The summed E-state index contributed by atoms with van der Waals surface area (Å²) in [7, 11) is 2.14. The summed E-state index contributed by atoms with van der Waals surface area (Å²) in [5, 5.41) is 3.24. The molecular formula is C22H27N7. The molecule has 0 spiro atoms. The summed E-state index contributed by atoms with van der Waals surface area (Å²) in [4.78, 5) is 22.9. The second kappa shape index (κ2) is 8.53. The van der Waals surface area contributed by atoms with Crippen LogP contribution in [0.2, 0.25) is 0 Å². The molecule has 0 aliphatic carbocycles. The molecule has 1 fully saturated rings. The molecule has 0 saturated carbocycles. The molecule has 0 bridgehead atoms. The van der Waals surface area contributed by atoms with E-state index in [1.165, 1.54) is 5.56 Å². The Hall–Kier alpha value is -3.06. The molecule has 0 unspecified atom stereocenters. The molecular weight excluding hydrogens is 362 g/mol. The number of rotatable bonds is 5. The Bertz CT molecular complexity index is 946. The monoisotopic (exact) mass is 389 g/mol. The van der Waals surface area contributed by atoms with E-state index >= 15 is 0 Å². The van der Waals surface area contributed by atoms with Crippen molar-refractivity contribution < 1.29 is 0 Å². The van der Waals surface area contributed by atoms with Crippen molar-refractivity contribution >= 4 is 17.7 Å². The smallest absolute Gasteiger partial charge is 0.233 e. The van der Waals surface area contributed by atoms with Gasteiger partial charge >= 0.3 is 0 Å². The Morgan fingerprint density at radius 1 is 0.897 bits per heavy atom. The summed E-state index contributed by atoms with van der Waals surface area (Å²) in [5.74, 6) is 2.79. The lowest BCUT2D eigenvalue weighted by atomic mass is 10.1. The van der Waals surface area contributed by atoms with Crippen LogP contribution in [0.1, 0.15) is 18.3 Å². The van der Waals surface area contributed by atoms with Crippen molar-refractivity contribution in [2.24, 2.45) is 0 Å². The first kappa shape index (κ1) is 19.3. The third-order valence-corrected chi connectivity index (χ3v) is 5.16. The number of pyridine rings is 1. The molecule has 1 aromatic carbocycles. The summed E-state index contributed by atoms with van der Waals surface area (Å²) in [6.45, 7) is 8.02. The lowest BCUT2D eigenvalue weighted by Gasteiger charge is -2.32. The van der Waals surface area contributed by atoms with Crippen molar-refractivity contribution in [3.63, 3.8) is 0 Å². The number of aromatic nitrogens is 4. The third kappa shape index (κ3) is 4.68. The van der Waals surface area contributed by atoms with Gasteiger partial charge in [0.05, 0.1) is 0 Å². The van der Waals surface area contributed by atoms with E-state index < -0.39 is 0 Å². The molecule has 3 heterocycles. The minimum atomic E-state index is 0.543. The quantitative estimate of drug-likeness (QED) is 0.718. The Balaban J connectivity index is 1.52. The lowest BCUT2D eigenvalue weighted by molar-refractivity contribution is 0.311. The number of hydrogen-bond acceptors (Lipinski definition) is 7. The molecule has 1 aliphatic heterocycles. The first-order valence-corrected chi connectivity index (χ1v) is 10.1. The Kier molecular flexibility index (Phi) is 5.67. The van der Waals surface area contributed by atoms with Gasteiger partial charge in [-0.15, -0.1) is 0 Å². The van der Waals surface area contributed by atoms with Gasteiger partial charge in [0.15, 0.2) is 0 Å². The maximum Gasteiger partial charge on any atom is 0.233 e. The van der Waals surface area contributed by atoms with Gasteiger partial charge in [-0.25, -0.2) is 4.98 Å². The second-order valence-corrected chi connectivity index (χ2v) is 7.44. The minimum Gasteiger partial charge on any atom is -0.338 e. The highest BCUT2D eigenvalue weighted by atomic mass is 15.3. The van der Waals surface area contributed by atoms with Gasteiger partial charge in [-0.05, 0) is 31.7 Å². The van der Waals surface area contributed by atoms with E-state index in [9.17, 15) is 0 Å². The van der Waals surface area contributed by atoms with Crippen molar-refractivity contribution in [1.29, 1.82) is 0 Å². The summed E-state index contributed by atoms with van der Waals surface area (Å²) < 4.78 is 0. The molecule has 1 aliphatic rings. The molecule has 7 nitrogen and oxygen atoms in total. The molecule has 4 rings (SSSR count). The van der Waals surface area contributed by atoms with Crippen molar-refractivity contribution in [3.05, 3.63) is 54.0 Å². The fourth-order valence-electron chi connectivity index (χ4n) is 3.27. The topological polar surface area (TPSA) is 70.1 Å². The van der Waals surface area contributed by atoms with Gasteiger partial charge in [-0.3, -0.25) is 0 Å². The summed E-state index contributed by atoms with van der Waals surface area (Å²) in [5.41, 5.74) is 3.48. The molecule has 0 amide bonds. The predicted molar refractivity (Wildman–Crippen MR) is 117 cm³/mol. The Labute approximate surface area is 171 Å². The van der Waals surface area contributed by atoms with E-state index in [1.54, 1.807) is 0 Å². The highest BCUT2D eigenvalue weighted by Gasteiger charge is 2.18. The van der Waals surface area contributed by atoms with Gasteiger partial charge in [-0.2, -0.15) is 15.0 Å². The van der Waals surface area contributed by atoms with Gasteiger partial charge < -0.3 is 15.1 Å². The first-order valence-electron chi connectivity index (χ1n) is 10.1. The van der Waals surface area contributed by atoms with Gasteiger partial charge in [0.25, 0.3) is 0 Å². The van der Waals surface area contributed by atoms with E-state index in [0.29, 0.717) is 5.95 Å². The maximum atomic E-state index is 4.65. The largest absolute Gasteiger partial charge is 0.338 e. The molecule has 150 valence electrons. The van der Waals surface area contributed by atoms with Crippen molar-refractivity contribution in [3.8, 4) is 11.1 Å². The molecule has 3 aromatic rings. The SMILES string of the molecule is CCc1nc(Nc2ccc(-c3ccc(C)cc3)cn2)nc(N2CCN(C)CC2)n1. The number of anilines is 3. The van der Waals surface area contributed by atoms with Crippen LogP contribution in [0.3, 0.4) is 0 Å². The number of piperazine rings is 1. The van der Waals surface area contributed by atoms with Gasteiger partial charge in [0.2, 0.25) is 11.9 Å². The van der Waals surface area contributed by atoms with Crippen LogP contribution in [-0.4, -0.2) is 58.1 Å². The zero-order valence-corrected chi connectivity index (χ0v) is 17.3. The average Bonchev–Trinajstić information content (AvgIpc) is 2.75. The average molecular weight is 390 g/mol. The summed E-state index contributed by atoms with van der Waals surface area (Å²) >= 11 is 0. The zero-order chi connectivity index (χ0) is 20.2. The van der Waals surface area contributed by atoms with Gasteiger partial charge in [0.1, 0.15) is 11.6 Å². The van der Waals surface area contributed by atoms with E-state index in [4.69, 9.17) is 0 Å². The zero-order valence-electron chi connectivity index (χ0n) is 17.3. The molecule has 29 heavy (non-hydrogen) atoms. The van der Waals surface area contributed by atoms with E-state index in [1.807, 2.05) is 12.3 Å². The third-order valence-electron chi connectivity index (χ3n) is 5.16. The van der Waals surface area contributed by atoms with Crippen LogP contribution in [0, 0.1) is 6.92 Å².